The van der Waals surface area contributed by atoms with E-state index >= 15 is 0 Å². The summed E-state index contributed by atoms with van der Waals surface area (Å²) in [6.07, 6.45) is -0.945. The quantitative estimate of drug-likeness (QED) is 0.738. The van der Waals surface area contributed by atoms with Crippen LogP contribution in [0.15, 0.2) is 18.2 Å². The molecule has 108 valence electrons. The highest BCUT2D eigenvalue weighted by Crippen LogP contribution is 2.24. The van der Waals surface area contributed by atoms with Crippen LogP contribution in [0.3, 0.4) is 0 Å². The first-order valence-electron chi connectivity index (χ1n) is 5.48. The molecule has 1 aromatic rings. The number of carboxylic acid groups (broad SMARTS) is 2. The lowest BCUT2D eigenvalue weighted by Crippen LogP contribution is -2.42. The van der Waals surface area contributed by atoms with Crippen molar-refractivity contribution in [3.63, 3.8) is 0 Å². The molecule has 0 radical (unpaired) electrons. The highest BCUT2D eigenvalue weighted by molar-refractivity contribution is 6.36. The molecule has 0 aliphatic rings. The summed E-state index contributed by atoms with van der Waals surface area (Å²) in [7, 11) is 0. The van der Waals surface area contributed by atoms with E-state index in [0.29, 0.717) is 5.56 Å². The van der Waals surface area contributed by atoms with E-state index in [-0.39, 0.29) is 16.5 Å². The average molecular weight is 320 g/mol. The number of halogens is 2. The highest BCUT2D eigenvalue weighted by Gasteiger charge is 2.23. The molecule has 1 atom stereocenters. The lowest BCUT2D eigenvalue weighted by Gasteiger charge is -2.13. The fraction of sp³-hybridized carbons (Fsp3) is 0.250. The van der Waals surface area contributed by atoms with Gasteiger partial charge in [0, 0.05) is 10.0 Å². The van der Waals surface area contributed by atoms with Crippen LogP contribution in [-0.4, -0.2) is 34.1 Å². The zero-order valence-electron chi connectivity index (χ0n) is 10.1. The molecule has 3 N–H and O–H groups in total. The summed E-state index contributed by atoms with van der Waals surface area (Å²) >= 11 is 11.8. The van der Waals surface area contributed by atoms with Gasteiger partial charge in [-0.1, -0.05) is 29.3 Å². The summed E-state index contributed by atoms with van der Waals surface area (Å²) in [5.74, 6) is -3.42. The molecule has 0 saturated heterocycles. The molecule has 0 fully saturated rings. The van der Waals surface area contributed by atoms with Gasteiger partial charge in [-0.3, -0.25) is 9.59 Å². The third-order valence-electron chi connectivity index (χ3n) is 2.41. The van der Waals surface area contributed by atoms with Gasteiger partial charge in [0.05, 0.1) is 12.8 Å². The van der Waals surface area contributed by atoms with Crippen LogP contribution >= 0.6 is 23.2 Å². The minimum absolute atomic E-state index is 0.234. The van der Waals surface area contributed by atoms with Crippen molar-refractivity contribution in [2.45, 2.75) is 18.9 Å². The number of rotatable bonds is 6. The second-order valence-corrected chi connectivity index (χ2v) is 4.75. The van der Waals surface area contributed by atoms with Crippen molar-refractivity contribution in [3.8, 4) is 0 Å². The largest absolute Gasteiger partial charge is 0.481 e. The Kier molecular flexibility index (Phi) is 5.79. The number of carbonyl (C=O) groups excluding carboxylic acids is 1. The van der Waals surface area contributed by atoms with E-state index in [2.05, 4.69) is 5.32 Å². The fourth-order valence-corrected chi connectivity index (χ4v) is 2.01. The van der Waals surface area contributed by atoms with Crippen LogP contribution in [0.2, 0.25) is 10.0 Å². The minimum atomic E-state index is -1.50. The second kappa shape index (κ2) is 7.12. The third-order valence-corrected chi connectivity index (χ3v) is 3.12. The number of hydrogen-bond donors (Lipinski definition) is 3. The number of hydrogen-bond acceptors (Lipinski definition) is 3. The first-order valence-corrected chi connectivity index (χ1v) is 6.23. The van der Waals surface area contributed by atoms with Crippen LogP contribution in [0.1, 0.15) is 12.0 Å². The zero-order chi connectivity index (χ0) is 15.3. The van der Waals surface area contributed by atoms with Gasteiger partial charge >= 0.3 is 11.9 Å². The van der Waals surface area contributed by atoms with Gasteiger partial charge in [0.2, 0.25) is 5.91 Å². The number of amides is 1. The van der Waals surface area contributed by atoms with Gasteiger partial charge in [0.15, 0.2) is 0 Å². The second-order valence-electron chi connectivity index (χ2n) is 3.93. The van der Waals surface area contributed by atoms with Gasteiger partial charge in [0.1, 0.15) is 6.04 Å². The van der Waals surface area contributed by atoms with Gasteiger partial charge in [-0.2, -0.15) is 0 Å². The molecule has 0 unspecified atom stereocenters. The fourth-order valence-electron chi connectivity index (χ4n) is 1.48. The third kappa shape index (κ3) is 4.71. The first-order chi connectivity index (χ1) is 9.31. The lowest BCUT2D eigenvalue weighted by molar-refractivity contribution is -0.147. The summed E-state index contributed by atoms with van der Waals surface area (Å²) in [6.45, 7) is 0. The van der Waals surface area contributed by atoms with E-state index < -0.39 is 30.3 Å². The molecular weight excluding hydrogens is 309 g/mol. The molecule has 1 amide bonds. The number of aliphatic carboxylic acids is 2. The molecule has 0 spiro atoms. The van der Waals surface area contributed by atoms with Gasteiger partial charge in [-0.05, 0) is 17.7 Å². The van der Waals surface area contributed by atoms with Crippen LogP contribution in [0, 0.1) is 0 Å². The summed E-state index contributed by atoms with van der Waals surface area (Å²) in [5, 5.41) is 20.0. The number of carbonyl (C=O) groups is 3. The molecule has 0 bridgehead atoms. The molecule has 0 aromatic heterocycles. The Balaban J connectivity index is 2.76. The summed E-state index contributed by atoms with van der Waals surface area (Å²) in [6, 6.07) is 3.20. The van der Waals surface area contributed by atoms with Crippen molar-refractivity contribution < 1.29 is 24.6 Å². The van der Waals surface area contributed by atoms with E-state index in [4.69, 9.17) is 33.4 Å². The van der Waals surface area contributed by atoms with Gasteiger partial charge in [-0.15, -0.1) is 0 Å². The molecule has 1 aromatic carbocycles. The Bertz CT molecular complexity index is 526. The molecule has 20 heavy (non-hydrogen) atoms. The van der Waals surface area contributed by atoms with Crippen molar-refractivity contribution in [1.29, 1.82) is 0 Å². The normalized spacial score (nSPS) is 11.7. The molecule has 6 nitrogen and oxygen atoms in total. The summed E-state index contributed by atoms with van der Waals surface area (Å²) < 4.78 is 0. The molecule has 1 rings (SSSR count). The summed E-state index contributed by atoms with van der Waals surface area (Å²) in [5.41, 5.74) is 0.354. The first kappa shape index (κ1) is 16.3. The molecule has 0 saturated carbocycles. The molecule has 8 heteroatoms. The van der Waals surface area contributed by atoms with Gasteiger partial charge < -0.3 is 15.5 Å². The van der Waals surface area contributed by atoms with E-state index in [0.717, 1.165) is 0 Å². The number of carboxylic acids is 2. The zero-order valence-corrected chi connectivity index (χ0v) is 11.6. The van der Waals surface area contributed by atoms with Crippen LogP contribution in [0.4, 0.5) is 0 Å². The van der Waals surface area contributed by atoms with E-state index in [9.17, 15) is 14.4 Å². The topological polar surface area (TPSA) is 104 Å². The predicted molar refractivity (Wildman–Crippen MR) is 72.0 cm³/mol. The molecule has 0 heterocycles. The minimum Gasteiger partial charge on any atom is -0.481 e. The maximum atomic E-state index is 11.7. The SMILES string of the molecule is O=C(O)C[C@@H](NC(=O)Cc1c(Cl)cccc1Cl)C(=O)O. The predicted octanol–water partition coefficient (Wildman–Crippen LogP) is 1.58. The standard InChI is InChI=1S/C12H11Cl2NO5/c13-7-2-1-3-8(14)6(7)4-10(16)15-9(12(19)20)5-11(17)18/h1-3,9H,4-5H2,(H,15,16)(H,17,18)(H,19,20)/t9-/m1/s1. The lowest BCUT2D eigenvalue weighted by atomic mass is 10.1. The Labute approximate surface area is 124 Å². The van der Waals surface area contributed by atoms with Crippen molar-refractivity contribution in [2.24, 2.45) is 0 Å². The van der Waals surface area contributed by atoms with Crippen LogP contribution < -0.4 is 5.32 Å². The molecule has 0 aliphatic carbocycles. The van der Waals surface area contributed by atoms with Gasteiger partial charge in [-0.25, -0.2) is 4.79 Å². The average Bonchev–Trinajstić information content (AvgIpc) is 2.32. The van der Waals surface area contributed by atoms with E-state index in [1.807, 2.05) is 0 Å². The maximum absolute atomic E-state index is 11.7. The number of nitrogens with one attached hydrogen (secondary N) is 1. The maximum Gasteiger partial charge on any atom is 0.326 e. The van der Waals surface area contributed by atoms with Crippen molar-refractivity contribution in [1.82, 2.24) is 5.32 Å². The Morgan fingerprint density at radius 1 is 1.15 bits per heavy atom. The van der Waals surface area contributed by atoms with Gasteiger partial charge in [0.25, 0.3) is 0 Å². The van der Waals surface area contributed by atoms with E-state index in [1.165, 1.54) is 0 Å². The monoisotopic (exact) mass is 319 g/mol. The molecule has 0 aliphatic heterocycles. The highest BCUT2D eigenvalue weighted by atomic mass is 35.5. The number of benzene rings is 1. The van der Waals surface area contributed by atoms with Crippen molar-refractivity contribution in [2.75, 3.05) is 0 Å². The Hall–Kier alpha value is -1.79. The van der Waals surface area contributed by atoms with Crippen molar-refractivity contribution in [3.05, 3.63) is 33.8 Å². The van der Waals surface area contributed by atoms with E-state index in [1.54, 1.807) is 18.2 Å². The van der Waals surface area contributed by atoms with Crippen LogP contribution in [0.5, 0.6) is 0 Å². The Morgan fingerprint density at radius 3 is 2.15 bits per heavy atom. The Morgan fingerprint density at radius 2 is 1.70 bits per heavy atom. The van der Waals surface area contributed by atoms with Crippen LogP contribution in [0.25, 0.3) is 0 Å². The summed E-state index contributed by atoms with van der Waals surface area (Å²) in [4.78, 5) is 33.1. The molecular formula is C12H11Cl2NO5. The van der Waals surface area contributed by atoms with Crippen molar-refractivity contribution >= 4 is 41.0 Å². The van der Waals surface area contributed by atoms with Crippen LogP contribution in [-0.2, 0) is 20.8 Å². The smallest absolute Gasteiger partial charge is 0.326 e.